The largest absolute Gasteiger partial charge is 0.416 e. The molecule has 1 aromatic carbocycles. The van der Waals surface area contributed by atoms with E-state index in [4.69, 9.17) is 0 Å². The highest BCUT2D eigenvalue weighted by atomic mass is 32.2. The van der Waals surface area contributed by atoms with Gasteiger partial charge in [-0.2, -0.15) is 22.5 Å². The Hall–Kier alpha value is -2.50. The first-order valence-corrected chi connectivity index (χ1v) is 10.6. The van der Waals surface area contributed by atoms with Crippen molar-refractivity contribution in [3.8, 4) is 0 Å². The van der Waals surface area contributed by atoms with Gasteiger partial charge in [-0.15, -0.1) is 0 Å². The Kier molecular flexibility index (Phi) is 6.16. The Morgan fingerprint density at radius 2 is 1.73 bits per heavy atom. The molecule has 164 valence electrons. The number of nitrogens with one attached hydrogen (secondary N) is 1. The number of alkyl halides is 3. The molecule has 0 bridgehead atoms. The van der Waals surface area contributed by atoms with Gasteiger partial charge in [0.1, 0.15) is 4.90 Å². The fourth-order valence-electron chi connectivity index (χ4n) is 3.13. The molecule has 0 amide bonds. The Morgan fingerprint density at radius 1 is 1.07 bits per heavy atom. The Bertz CT molecular complexity index is 1040. The Morgan fingerprint density at radius 3 is 2.37 bits per heavy atom. The van der Waals surface area contributed by atoms with E-state index in [0.29, 0.717) is 25.9 Å². The van der Waals surface area contributed by atoms with E-state index in [0.717, 1.165) is 18.2 Å². The van der Waals surface area contributed by atoms with Crippen LogP contribution in [0.5, 0.6) is 0 Å². The molecular weight excluding hydrogens is 436 g/mol. The van der Waals surface area contributed by atoms with Crippen molar-refractivity contribution in [2.45, 2.75) is 23.9 Å². The van der Waals surface area contributed by atoms with E-state index in [1.165, 1.54) is 11.0 Å². The number of sulfone groups is 1. The number of benzene rings is 1. The van der Waals surface area contributed by atoms with Crippen molar-refractivity contribution in [1.29, 1.82) is 0 Å². The standard InChI is InChI=1S/C18H17F6N3O2S/c19-13-15(14(20)17(26-16(13)21)27-7-1-2-8-27)30(28,29)9-6-25-12-5-3-4-11(10-12)18(22,23)24/h3-5,10,25H,1-2,6-9H2. The maximum Gasteiger partial charge on any atom is 0.416 e. The summed E-state index contributed by atoms with van der Waals surface area (Å²) in [4.78, 5) is 3.11. The molecule has 1 aliphatic heterocycles. The van der Waals surface area contributed by atoms with Crippen LogP contribution in [-0.4, -0.2) is 38.8 Å². The minimum absolute atomic E-state index is 0.0281. The first-order chi connectivity index (χ1) is 14.0. The summed E-state index contributed by atoms with van der Waals surface area (Å²) in [6, 6.07) is 4.01. The molecule has 1 N–H and O–H groups in total. The molecule has 30 heavy (non-hydrogen) atoms. The molecule has 5 nitrogen and oxygen atoms in total. The van der Waals surface area contributed by atoms with Gasteiger partial charge in [-0.3, -0.25) is 0 Å². The third-order valence-corrected chi connectivity index (χ3v) is 6.31. The van der Waals surface area contributed by atoms with E-state index < -0.39 is 62.2 Å². The Labute approximate surface area is 168 Å². The van der Waals surface area contributed by atoms with Crippen LogP contribution < -0.4 is 10.2 Å². The molecule has 0 unspecified atom stereocenters. The molecule has 0 aliphatic carbocycles. The number of rotatable bonds is 6. The SMILES string of the molecule is O=S(=O)(CCNc1cccc(C(F)(F)F)c1)c1c(F)c(F)nc(N2CCCC2)c1F. The van der Waals surface area contributed by atoms with Crippen LogP contribution in [0.1, 0.15) is 18.4 Å². The van der Waals surface area contributed by atoms with Gasteiger partial charge in [0, 0.05) is 25.3 Å². The minimum atomic E-state index is -4.65. The molecule has 0 spiro atoms. The lowest BCUT2D eigenvalue weighted by Gasteiger charge is -2.19. The van der Waals surface area contributed by atoms with Crippen molar-refractivity contribution in [2.75, 3.05) is 35.6 Å². The fraction of sp³-hybridized carbons (Fsp3) is 0.389. The van der Waals surface area contributed by atoms with Crippen molar-refractivity contribution >= 4 is 21.3 Å². The van der Waals surface area contributed by atoms with Gasteiger partial charge < -0.3 is 10.2 Å². The third kappa shape index (κ3) is 4.63. The van der Waals surface area contributed by atoms with E-state index in [2.05, 4.69) is 10.3 Å². The number of hydrogen-bond donors (Lipinski definition) is 1. The number of halogens is 6. The molecule has 1 aromatic heterocycles. The zero-order valence-corrected chi connectivity index (χ0v) is 16.3. The second-order valence-electron chi connectivity index (χ2n) is 6.70. The molecule has 1 saturated heterocycles. The quantitative estimate of drug-likeness (QED) is 0.529. The summed E-state index contributed by atoms with van der Waals surface area (Å²) in [7, 11) is -4.65. The number of aromatic nitrogens is 1. The molecular formula is C18H17F6N3O2S. The Balaban J connectivity index is 1.81. The maximum absolute atomic E-state index is 14.8. The van der Waals surface area contributed by atoms with Crippen molar-refractivity contribution in [3.05, 3.63) is 47.4 Å². The van der Waals surface area contributed by atoms with Crippen LogP contribution in [0.4, 0.5) is 37.8 Å². The summed E-state index contributed by atoms with van der Waals surface area (Å²) in [5, 5.41) is 2.46. The predicted octanol–water partition coefficient (Wildman–Crippen LogP) is 4.00. The fourth-order valence-corrected chi connectivity index (χ4v) is 4.43. The van der Waals surface area contributed by atoms with Gasteiger partial charge >= 0.3 is 6.18 Å². The van der Waals surface area contributed by atoms with E-state index >= 15 is 0 Å². The average molecular weight is 453 g/mol. The first-order valence-electron chi connectivity index (χ1n) is 8.94. The summed E-state index contributed by atoms with van der Waals surface area (Å²) in [5.41, 5.74) is -0.974. The molecule has 0 saturated carbocycles. The lowest BCUT2D eigenvalue weighted by atomic mass is 10.2. The highest BCUT2D eigenvalue weighted by Gasteiger charge is 2.33. The van der Waals surface area contributed by atoms with Crippen LogP contribution in [-0.2, 0) is 16.0 Å². The second kappa shape index (κ2) is 8.32. The van der Waals surface area contributed by atoms with Crippen LogP contribution in [0.25, 0.3) is 0 Å². The summed E-state index contributed by atoms with van der Waals surface area (Å²) in [6.45, 7) is 0.197. The number of nitrogens with zero attached hydrogens (tertiary/aromatic N) is 2. The normalized spacial score (nSPS) is 14.9. The van der Waals surface area contributed by atoms with E-state index in [9.17, 15) is 34.8 Å². The van der Waals surface area contributed by atoms with Crippen molar-refractivity contribution in [2.24, 2.45) is 0 Å². The number of hydrogen-bond acceptors (Lipinski definition) is 5. The summed E-state index contributed by atoms with van der Waals surface area (Å²) >= 11 is 0. The zero-order chi connectivity index (χ0) is 22.1. The lowest BCUT2D eigenvalue weighted by molar-refractivity contribution is -0.137. The molecule has 2 heterocycles. The average Bonchev–Trinajstić information content (AvgIpc) is 3.18. The summed E-state index contributed by atoms with van der Waals surface area (Å²) in [5.74, 6) is -6.58. The van der Waals surface area contributed by atoms with E-state index in [-0.39, 0.29) is 5.69 Å². The van der Waals surface area contributed by atoms with Gasteiger partial charge in [0.05, 0.1) is 11.3 Å². The molecule has 1 fully saturated rings. The molecule has 12 heteroatoms. The van der Waals surface area contributed by atoms with Gasteiger partial charge in [-0.05, 0) is 31.0 Å². The first kappa shape index (κ1) is 22.2. The predicted molar refractivity (Wildman–Crippen MR) is 97.5 cm³/mol. The zero-order valence-electron chi connectivity index (χ0n) is 15.4. The summed E-state index contributed by atoms with van der Waals surface area (Å²) < 4.78 is 106. The van der Waals surface area contributed by atoms with Gasteiger partial charge in [0.25, 0.3) is 5.95 Å². The molecule has 0 radical (unpaired) electrons. The van der Waals surface area contributed by atoms with Crippen LogP contribution in [0.2, 0.25) is 0 Å². The number of anilines is 2. The van der Waals surface area contributed by atoms with Crippen molar-refractivity contribution in [1.82, 2.24) is 4.98 Å². The smallest absolute Gasteiger partial charge is 0.384 e. The van der Waals surface area contributed by atoms with Crippen molar-refractivity contribution in [3.63, 3.8) is 0 Å². The van der Waals surface area contributed by atoms with Crippen molar-refractivity contribution < 1.29 is 34.8 Å². The van der Waals surface area contributed by atoms with Gasteiger partial charge in [0.2, 0.25) is 0 Å². The van der Waals surface area contributed by atoms with Crippen LogP contribution in [0.3, 0.4) is 0 Å². The van der Waals surface area contributed by atoms with E-state index in [1.807, 2.05) is 0 Å². The molecule has 3 rings (SSSR count). The third-order valence-electron chi connectivity index (χ3n) is 4.59. The van der Waals surface area contributed by atoms with Gasteiger partial charge in [-0.1, -0.05) is 6.07 Å². The summed E-state index contributed by atoms with van der Waals surface area (Å²) in [6.07, 6.45) is -3.25. The highest BCUT2D eigenvalue weighted by Crippen LogP contribution is 2.32. The van der Waals surface area contributed by atoms with Crippen LogP contribution in [0.15, 0.2) is 29.2 Å². The maximum atomic E-state index is 14.8. The van der Waals surface area contributed by atoms with Crippen LogP contribution in [0, 0.1) is 17.6 Å². The molecule has 2 aromatic rings. The van der Waals surface area contributed by atoms with E-state index in [1.54, 1.807) is 0 Å². The second-order valence-corrected chi connectivity index (χ2v) is 8.75. The van der Waals surface area contributed by atoms with Crippen LogP contribution >= 0.6 is 0 Å². The topological polar surface area (TPSA) is 62.3 Å². The lowest BCUT2D eigenvalue weighted by Crippen LogP contribution is -2.25. The minimum Gasteiger partial charge on any atom is -0.384 e. The highest BCUT2D eigenvalue weighted by molar-refractivity contribution is 7.91. The monoisotopic (exact) mass is 453 g/mol. The molecule has 1 aliphatic rings. The number of pyridine rings is 1. The molecule has 0 atom stereocenters. The van der Waals surface area contributed by atoms with Gasteiger partial charge in [-0.25, -0.2) is 17.2 Å². The van der Waals surface area contributed by atoms with Gasteiger partial charge in [0.15, 0.2) is 27.3 Å².